The molecule has 1 aliphatic heterocycles. The van der Waals surface area contributed by atoms with Crippen molar-refractivity contribution in [3.05, 3.63) is 5.82 Å². The standard InChI is InChI=1S/C10H18N4S/c1-2-9-12-10(15-13-9)14-6-4-3-5-8(14)7-11/h8H,2-7,11H2,1H3. The molecule has 0 bridgehead atoms. The van der Waals surface area contributed by atoms with Gasteiger partial charge < -0.3 is 10.6 Å². The van der Waals surface area contributed by atoms with E-state index in [1.165, 1.54) is 30.8 Å². The van der Waals surface area contributed by atoms with Gasteiger partial charge in [-0.15, -0.1) is 0 Å². The summed E-state index contributed by atoms with van der Waals surface area (Å²) in [7, 11) is 0. The summed E-state index contributed by atoms with van der Waals surface area (Å²) in [4.78, 5) is 6.86. The van der Waals surface area contributed by atoms with Gasteiger partial charge in [0, 0.05) is 37.1 Å². The van der Waals surface area contributed by atoms with Crippen LogP contribution >= 0.6 is 11.5 Å². The smallest absolute Gasteiger partial charge is 0.205 e. The Balaban J connectivity index is 2.12. The quantitative estimate of drug-likeness (QED) is 0.847. The Labute approximate surface area is 94.7 Å². The molecule has 2 rings (SSSR count). The van der Waals surface area contributed by atoms with Gasteiger partial charge in [-0.05, 0) is 19.3 Å². The van der Waals surface area contributed by atoms with Crippen molar-refractivity contribution in [3.63, 3.8) is 0 Å². The molecular weight excluding hydrogens is 208 g/mol. The van der Waals surface area contributed by atoms with Gasteiger partial charge in [0.2, 0.25) is 5.13 Å². The van der Waals surface area contributed by atoms with Gasteiger partial charge in [-0.1, -0.05) is 6.92 Å². The van der Waals surface area contributed by atoms with Crippen LogP contribution < -0.4 is 10.6 Å². The molecule has 5 heteroatoms. The largest absolute Gasteiger partial charge is 0.343 e. The second-order valence-electron chi connectivity index (χ2n) is 3.93. The highest BCUT2D eigenvalue weighted by Crippen LogP contribution is 2.25. The van der Waals surface area contributed by atoms with Gasteiger partial charge in [0.05, 0.1) is 0 Å². The maximum Gasteiger partial charge on any atom is 0.205 e. The van der Waals surface area contributed by atoms with Gasteiger partial charge in [0.25, 0.3) is 0 Å². The Hall–Kier alpha value is -0.680. The molecule has 2 heterocycles. The number of rotatable bonds is 3. The Kier molecular flexibility index (Phi) is 3.53. The molecule has 0 saturated carbocycles. The maximum atomic E-state index is 5.79. The zero-order valence-corrected chi connectivity index (χ0v) is 9.96. The van der Waals surface area contributed by atoms with Gasteiger partial charge in [-0.25, -0.2) is 4.98 Å². The molecule has 15 heavy (non-hydrogen) atoms. The Bertz CT molecular complexity index is 312. The van der Waals surface area contributed by atoms with Crippen molar-refractivity contribution >= 4 is 16.7 Å². The lowest BCUT2D eigenvalue weighted by atomic mass is 10.0. The first-order valence-corrected chi connectivity index (χ1v) is 6.41. The Morgan fingerprint density at radius 2 is 2.40 bits per heavy atom. The highest BCUT2D eigenvalue weighted by molar-refractivity contribution is 7.09. The zero-order chi connectivity index (χ0) is 10.7. The summed E-state index contributed by atoms with van der Waals surface area (Å²) in [5, 5.41) is 1.06. The van der Waals surface area contributed by atoms with Crippen LogP contribution in [0, 0.1) is 0 Å². The van der Waals surface area contributed by atoms with Crippen LogP contribution in [0.3, 0.4) is 0 Å². The molecule has 0 aromatic carbocycles. The minimum absolute atomic E-state index is 0.469. The number of nitrogens with zero attached hydrogens (tertiary/aromatic N) is 3. The predicted molar refractivity (Wildman–Crippen MR) is 63.3 cm³/mol. The molecule has 84 valence electrons. The van der Waals surface area contributed by atoms with E-state index in [1.807, 2.05) is 0 Å². The molecule has 1 atom stereocenters. The molecule has 1 fully saturated rings. The fourth-order valence-electron chi connectivity index (χ4n) is 2.00. The summed E-state index contributed by atoms with van der Waals surface area (Å²) in [6.07, 6.45) is 4.64. The van der Waals surface area contributed by atoms with Gasteiger partial charge in [-0.2, -0.15) is 4.37 Å². The van der Waals surface area contributed by atoms with Crippen LogP contribution in [0.25, 0.3) is 0 Å². The average molecular weight is 226 g/mol. The number of aryl methyl sites for hydroxylation is 1. The van der Waals surface area contributed by atoms with E-state index >= 15 is 0 Å². The molecule has 0 aliphatic carbocycles. The summed E-state index contributed by atoms with van der Waals surface area (Å²) in [6, 6.07) is 0.469. The van der Waals surface area contributed by atoms with Crippen molar-refractivity contribution in [2.24, 2.45) is 5.73 Å². The van der Waals surface area contributed by atoms with Crippen molar-refractivity contribution < 1.29 is 0 Å². The molecule has 1 saturated heterocycles. The summed E-state index contributed by atoms with van der Waals surface area (Å²) < 4.78 is 4.33. The van der Waals surface area contributed by atoms with Gasteiger partial charge >= 0.3 is 0 Å². The number of aromatic nitrogens is 2. The second kappa shape index (κ2) is 4.90. The lowest BCUT2D eigenvalue weighted by molar-refractivity contribution is 0.464. The minimum Gasteiger partial charge on any atom is -0.343 e. The lowest BCUT2D eigenvalue weighted by Gasteiger charge is -2.34. The van der Waals surface area contributed by atoms with Crippen LogP contribution in [0.15, 0.2) is 0 Å². The van der Waals surface area contributed by atoms with Gasteiger partial charge in [0.15, 0.2) is 0 Å². The van der Waals surface area contributed by atoms with E-state index in [-0.39, 0.29) is 0 Å². The van der Waals surface area contributed by atoms with Crippen LogP contribution in [0.4, 0.5) is 5.13 Å². The van der Waals surface area contributed by atoms with E-state index in [2.05, 4.69) is 21.2 Å². The molecule has 1 aliphatic rings. The number of anilines is 1. The summed E-state index contributed by atoms with van der Waals surface area (Å²) in [5.74, 6) is 0.955. The molecule has 1 aromatic heterocycles. The molecule has 4 nitrogen and oxygen atoms in total. The van der Waals surface area contributed by atoms with E-state index in [1.54, 1.807) is 0 Å². The third-order valence-electron chi connectivity index (χ3n) is 2.92. The van der Waals surface area contributed by atoms with Crippen LogP contribution in [0.5, 0.6) is 0 Å². The first-order chi connectivity index (χ1) is 7.35. The van der Waals surface area contributed by atoms with E-state index in [0.717, 1.165) is 30.5 Å². The van der Waals surface area contributed by atoms with Gasteiger partial charge in [-0.3, -0.25) is 0 Å². The number of nitrogens with two attached hydrogens (primary N) is 1. The average Bonchev–Trinajstić information content (AvgIpc) is 2.77. The molecule has 1 aromatic rings. The Morgan fingerprint density at radius 3 is 3.07 bits per heavy atom. The highest BCUT2D eigenvalue weighted by Gasteiger charge is 2.23. The first-order valence-electron chi connectivity index (χ1n) is 5.64. The fraction of sp³-hybridized carbons (Fsp3) is 0.800. The van der Waals surface area contributed by atoms with Crippen LogP contribution in [0.2, 0.25) is 0 Å². The highest BCUT2D eigenvalue weighted by atomic mass is 32.1. The molecule has 0 amide bonds. The summed E-state index contributed by atoms with van der Waals surface area (Å²) in [6.45, 7) is 3.89. The number of piperidine rings is 1. The number of hydrogen-bond acceptors (Lipinski definition) is 5. The number of hydrogen-bond donors (Lipinski definition) is 1. The van der Waals surface area contributed by atoms with E-state index in [0.29, 0.717) is 6.04 Å². The first kappa shape index (κ1) is 10.8. The van der Waals surface area contributed by atoms with Crippen LogP contribution in [-0.2, 0) is 6.42 Å². The lowest BCUT2D eigenvalue weighted by Crippen LogP contribution is -2.44. The molecule has 1 unspecified atom stereocenters. The summed E-state index contributed by atoms with van der Waals surface area (Å²) in [5.41, 5.74) is 5.79. The molecule has 0 radical (unpaired) electrons. The van der Waals surface area contributed by atoms with Crippen LogP contribution in [0.1, 0.15) is 32.0 Å². The summed E-state index contributed by atoms with van der Waals surface area (Å²) >= 11 is 1.51. The van der Waals surface area contributed by atoms with Crippen LogP contribution in [-0.4, -0.2) is 28.5 Å². The predicted octanol–water partition coefficient (Wildman–Crippen LogP) is 1.42. The van der Waals surface area contributed by atoms with Crippen molar-refractivity contribution in [3.8, 4) is 0 Å². The van der Waals surface area contributed by atoms with E-state index in [9.17, 15) is 0 Å². The second-order valence-corrected chi connectivity index (χ2v) is 4.66. The van der Waals surface area contributed by atoms with E-state index in [4.69, 9.17) is 5.73 Å². The Morgan fingerprint density at radius 1 is 1.53 bits per heavy atom. The fourth-order valence-corrected chi connectivity index (χ4v) is 2.85. The zero-order valence-electron chi connectivity index (χ0n) is 9.15. The topological polar surface area (TPSA) is 55.0 Å². The van der Waals surface area contributed by atoms with Crippen molar-refractivity contribution in [2.45, 2.75) is 38.6 Å². The van der Waals surface area contributed by atoms with E-state index < -0.39 is 0 Å². The normalized spacial score (nSPS) is 22.0. The minimum atomic E-state index is 0.469. The van der Waals surface area contributed by atoms with Crippen molar-refractivity contribution in [1.29, 1.82) is 0 Å². The third kappa shape index (κ3) is 2.29. The third-order valence-corrected chi connectivity index (χ3v) is 3.71. The van der Waals surface area contributed by atoms with Crippen molar-refractivity contribution in [2.75, 3.05) is 18.0 Å². The van der Waals surface area contributed by atoms with Gasteiger partial charge in [0.1, 0.15) is 5.82 Å². The maximum absolute atomic E-state index is 5.79. The van der Waals surface area contributed by atoms with Crippen molar-refractivity contribution in [1.82, 2.24) is 9.36 Å². The monoisotopic (exact) mass is 226 g/mol. The molecule has 2 N–H and O–H groups in total. The molecular formula is C10H18N4S. The molecule has 0 spiro atoms. The SMILES string of the molecule is CCc1nsc(N2CCCCC2CN)n1.